The van der Waals surface area contributed by atoms with Crippen LogP contribution < -0.4 is 5.32 Å². The summed E-state index contributed by atoms with van der Waals surface area (Å²) in [7, 11) is 1.93. The van der Waals surface area contributed by atoms with Crippen molar-refractivity contribution in [2.45, 2.75) is 31.7 Å². The standard InChI is InChI=1S/C13H17FN2O2/c1-15-13-4-2-3-10(13)5-9-6-11(14)8-12(7-9)16(17)18/h6-8,10,13,15H,2-5H2,1H3. The number of rotatable bonds is 4. The second kappa shape index (κ2) is 5.44. The Morgan fingerprint density at radius 1 is 1.44 bits per heavy atom. The quantitative estimate of drug-likeness (QED) is 0.662. The second-order valence-electron chi connectivity index (χ2n) is 4.87. The summed E-state index contributed by atoms with van der Waals surface area (Å²) in [4.78, 5) is 10.1. The van der Waals surface area contributed by atoms with E-state index < -0.39 is 10.7 Å². The number of nitro benzene ring substituents is 1. The minimum atomic E-state index is -0.545. The summed E-state index contributed by atoms with van der Waals surface area (Å²) in [5, 5.41) is 13.9. The van der Waals surface area contributed by atoms with Gasteiger partial charge in [-0.1, -0.05) is 6.42 Å². The fraction of sp³-hybridized carbons (Fsp3) is 0.538. The van der Waals surface area contributed by atoms with Crippen molar-refractivity contribution in [3.63, 3.8) is 0 Å². The minimum Gasteiger partial charge on any atom is -0.317 e. The minimum absolute atomic E-state index is 0.163. The molecule has 1 saturated carbocycles. The Labute approximate surface area is 105 Å². The van der Waals surface area contributed by atoms with Crippen molar-refractivity contribution in [3.05, 3.63) is 39.7 Å². The number of nitrogens with zero attached hydrogens (tertiary/aromatic N) is 1. The smallest absolute Gasteiger partial charge is 0.272 e. The Balaban J connectivity index is 2.16. The van der Waals surface area contributed by atoms with Crippen LogP contribution in [0, 0.1) is 21.8 Å². The number of nitrogens with one attached hydrogen (secondary N) is 1. The maximum Gasteiger partial charge on any atom is 0.272 e. The van der Waals surface area contributed by atoms with Crippen LogP contribution >= 0.6 is 0 Å². The molecular weight excluding hydrogens is 235 g/mol. The lowest BCUT2D eigenvalue weighted by Gasteiger charge is -2.18. The Morgan fingerprint density at radius 3 is 2.89 bits per heavy atom. The van der Waals surface area contributed by atoms with E-state index in [-0.39, 0.29) is 5.69 Å². The van der Waals surface area contributed by atoms with Crippen molar-refractivity contribution >= 4 is 5.69 Å². The van der Waals surface area contributed by atoms with Crippen molar-refractivity contribution in [2.75, 3.05) is 7.05 Å². The van der Waals surface area contributed by atoms with E-state index in [1.54, 1.807) is 0 Å². The van der Waals surface area contributed by atoms with E-state index in [9.17, 15) is 14.5 Å². The van der Waals surface area contributed by atoms with E-state index in [0.717, 1.165) is 25.3 Å². The first-order chi connectivity index (χ1) is 8.60. The van der Waals surface area contributed by atoms with Gasteiger partial charge in [-0.25, -0.2) is 4.39 Å². The van der Waals surface area contributed by atoms with Crippen molar-refractivity contribution in [2.24, 2.45) is 5.92 Å². The molecule has 2 unspecified atom stereocenters. The van der Waals surface area contributed by atoms with Crippen molar-refractivity contribution in [3.8, 4) is 0 Å². The summed E-state index contributed by atoms with van der Waals surface area (Å²) in [6.07, 6.45) is 4.08. The zero-order chi connectivity index (χ0) is 13.1. The van der Waals surface area contributed by atoms with Gasteiger partial charge in [-0.15, -0.1) is 0 Å². The molecule has 0 saturated heterocycles. The molecule has 98 valence electrons. The monoisotopic (exact) mass is 252 g/mol. The van der Waals surface area contributed by atoms with E-state index in [4.69, 9.17) is 0 Å². The molecule has 2 rings (SSSR count). The second-order valence-corrected chi connectivity index (χ2v) is 4.87. The predicted molar refractivity (Wildman–Crippen MR) is 66.9 cm³/mol. The van der Waals surface area contributed by atoms with Gasteiger partial charge in [-0.2, -0.15) is 0 Å². The Kier molecular flexibility index (Phi) is 3.91. The molecule has 0 heterocycles. The SMILES string of the molecule is CNC1CCCC1Cc1cc(F)cc([N+](=O)[O-])c1. The molecule has 1 aromatic rings. The molecule has 2 atom stereocenters. The fourth-order valence-electron chi connectivity index (χ4n) is 2.82. The molecule has 4 nitrogen and oxygen atoms in total. The summed E-state index contributed by atoms with van der Waals surface area (Å²) in [5.74, 6) is -0.0883. The third kappa shape index (κ3) is 2.85. The molecule has 1 aliphatic carbocycles. The van der Waals surface area contributed by atoms with Gasteiger partial charge in [0.2, 0.25) is 0 Å². The Bertz CT molecular complexity index is 451. The first kappa shape index (κ1) is 13.0. The molecule has 5 heteroatoms. The highest BCUT2D eigenvalue weighted by molar-refractivity contribution is 5.35. The van der Waals surface area contributed by atoms with Crippen molar-refractivity contribution in [1.29, 1.82) is 0 Å². The lowest BCUT2D eigenvalue weighted by atomic mass is 9.94. The van der Waals surface area contributed by atoms with Crippen molar-refractivity contribution < 1.29 is 9.31 Å². The number of benzene rings is 1. The summed E-state index contributed by atoms with van der Waals surface area (Å²) < 4.78 is 13.3. The van der Waals surface area contributed by atoms with E-state index >= 15 is 0 Å². The van der Waals surface area contributed by atoms with E-state index in [0.29, 0.717) is 23.9 Å². The van der Waals surface area contributed by atoms with Gasteiger partial charge in [-0.05, 0) is 43.9 Å². The normalized spacial score (nSPS) is 23.2. The van der Waals surface area contributed by atoms with Gasteiger partial charge in [0, 0.05) is 12.1 Å². The van der Waals surface area contributed by atoms with Gasteiger partial charge in [0.05, 0.1) is 11.0 Å². The van der Waals surface area contributed by atoms with Crippen LogP contribution in [0.2, 0.25) is 0 Å². The number of nitro groups is 1. The molecule has 0 spiro atoms. The van der Waals surface area contributed by atoms with Crippen LogP contribution in [0.4, 0.5) is 10.1 Å². The maximum atomic E-state index is 13.3. The molecule has 0 radical (unpaired) electrons. The van der Waals surface area contributed by atoms with E-state index in [2.05, 4.69) is 5.32 Å². The highest BCUT2D eigenvalue weighted by atomic mass is 19.1. The van der Waals surface area contributed by atoms with Crippen LogP contribution in [0.25, 0.3) is 0 Å². The van der Waals surface area contributed by atoms with Gasteiger partial charge in [-0.3, -0.25) is 10.1 Å². The maximum absolute atomic E-state index is 13.3. The average molecular weight is 252 g/mol. The first-order valence-electron chi connectivity index (χ1n) is 6.21. The highest BCUT2D eigenvalue weighted by Crippen LogP contribution is 2.29. The Hall–Kier alpha value is -1.49. The van der Waals surface area contributed by atoms with Crippen LogP contribution in [0.15, 0.2) is 18.2 Å². The summed E-state index contributed by atoms with van der Waals surface area (Å²) in [6, 6.07) is 4.28. The number of non-ortho nitro benzene ring substituents is 1. The molecule has 1 aromatic carbocycles. The molecule has 1 aliphatic rings. The molecule has 1 fully saturated rings. The van der Waals surface area contributed by atoms with Crippen LogP contribution in [0.5, 0.6) is 0 Å². The van der Waals surface area contributed by atoms with E-state index in [1.165, 1.54) is 12.1 Å². The van der Waals surface area contributed by atoms with E-state index in [1.807, 2.05) is 7.05 Å². The van der Waals surface area contributed by atoms with Crippen LogP contribution in [0.3, 0.4) is 0 Å². The summed E-state index contributed by atoms with van der Waals surface area (Å²) in [6.45, 7) is 0. The molecule has 0 aromatic heterocycles. The van der Waals surface area contributed by atoms with Gasteiger partial charge < -0.3 is 5.32 Å². The molecule has 0 amide bonds. The van der Waals surface area contributed by atoms with Crippen LogP contribution in [-0.2, 0) is 6.42 Å². The highest BCUT2D eigenvalue weighted by Gasteiger charge is 2.26. The lowest BCUT2D eigenvalue weighted by molar-refractivity contribution is -0.385. The predicted octanol–water partition coefficient (Wildman–Crippen LogP) is 2.66. The van der Waals surface area contributed by atoms with Crippen molar-refractivity contribution in [1.82, 2.24) is 5.32 Å². The van der Waals surface area contributed by atoms with Gasteiger partial charge in [0.15, 0.2) is 0 Å². The van der Waals surface area contributed by atoms with Gasteiger partial charge in [0.25, 0.3) is 5.69 Å². The number of halogens is 1. The molecular formula is C13H17FN2O2. The fourth-order valence-corrected chi connectivity index (χ4v) is 2.82. The van der Waals surface area contributed by atoms with Gasteiger partial charge in [0.1, 0.15) is 5.82 Å². The number of hydrogen-bond donors (Lipinski definition) is 1. The first-order valence-corrected chi connectivity index (χ1v) is 6.21. The molecule has 1 N–H and O–H groups in total. The zero-order valence-electron chi connectivity index (χ0n) is 10.4. The molecule has 18 heavy (non-hydrogen) atoms. The zero-order valence-corrected chi connectivity index (χ0v) is 10.4. The largest absolute Gasteiger partial charge is 0.317 e. The van der Waals surface area contributed by atoms with Crippen LogP contribution in [-0.4, -0.2) is 18.0 Å². The summed E-state index contributed by atoms with van der Waals surface area (Å²) >= 11 is 0. The van der Waals surface area contributed by atoms with Gasteiger partial charge >= 0.3 is 0 Å². The number of hydrogen-bond acceptors (Lipinski definition) is 3. The van der Waals surface area contributed by atoms with Crippen LogP contribution in [0.1, 0.15) is 24.8 Å². The topological polar surface area (TPSA) is 55.2 Å². The third-order valence-corrected chi connectivity index (χ3v) is 3.68. The lowest BCUT2D eigenvalue weighted by Crippen LogP contribution is -2.30. The summed E-state index contributed by atoms with van der Waals surface area (Å²) in [5.41, 5.74) is 0.554. The molecule has 0 bridgehead atoms. The third-order valence-electron chi connectivity index (χ3n) is 3.68. The Morgan fingerprint density at radius 2 is 2.22 bits per heavy atom. The average Bonchev–Trinajstić information content (AvgIpc) is 2.75. The molecule has 0 aliphatic heterocycles.